The first kappa shape index (κ1) is 23.0. The summed E-state index contributed by atoms with van der Waals surface area (Å²) in [5.41, 5.74) is 4.55. The Hall–Kier alpha value is -1.26. The summed E-state index contributed by atoms with van der Waals surface area (Å²) in [7, 11) is -1.87. The molecule has 4 heteroatoms. The molecule has 2 rings (SSSR count). The first-order valence-electron chi connectivity index (χ1n) is 10.6. The van der Waals surface area contributed by atoms with Gasteiger partial charge in [-0.15, -0.1) is 0 Å². The van der Waals surface area contributed by atoms with Gasteiger partial charge in [-0.1, -0.05) is 32.4 Å². The number of hydrogen-bond acceptors (Lipinski definition) is 3. The molecule has 158 valence electrons. The molecular weight excluding hydrogens is 364 g/mol. The van der Waals surface area contributed by atoms with Crippen molar-refractivity contribution in [3.05, 3.63) is 34.4 Å². The van der Waals surface area contributed by atoms with Gasteiger partial charge in [0.25, 0.3) is 0 Å². The van der Waals surface area contributed by atoms with Crippen LogP contribution in [0.2, 0.25) is 18.1 Å². The Kier molecular flexibility index (Phi) is 6.77. The van der Waals surface area contributed by atoms with Gasteiger partial charge in [-0.2, -0.15) is 0 Å². The van der Waals surface area contributed by atoms with Gasteiger partial charge in [0.15, 0.2) is 0 Å². The Morgan fingerprint density at radius 1 is 1.29 bits per heavy atom. The number of aryl methyl sites for hydroxylation is 1. The summed E-state index contributed by atoms with van der Waals surface area (Å²) in [6.07, 6.45) is 6.04. The van der Waals surface area contributed by atoms with E-state index in [-0.39, 0.29) is 17.2 Å². The Morgan fingerprint density at radius 2 is 1.93 bits per heavy atom. The lowest BCUT2D eigenvalue weighted by molar-refractivity contribution is 0.0561. The van der Waals surface area contributed by atoms with E-state index in [0.29, 0.717) is 0 Å². The lowest BCUT2D eigenvalue weighted by atomic mass is 9.87. The van der Waals surface area contributed by atoms with E-state index in [0.717, 1.165) is 42.8 Å². The number of hydrogen-bond donors (Lipinski definition) is 1. The minimum absolute atomic E-state index is 0.135. The van der Waals surface area contributed by atoms with Gasteiger partial charge in [0.2, 0.25) is 8.32 Å². The molecule has 1 aromatic carbocycles. The van der Waals surface area contributed by atoms with Crippen molar-refractivity contribution in [2.75, 3.05) is 6.61 Å². The quantitative estimate of drug-likeness (QED) is 0.435. The topological polar surface area (TPSA) is 38.7 Å². The van der Waals surface area contributed by atoms with Crippen molar-refractivity contribution in [1.29, 1.82) is 0 Å². The largest absolute Gasteiger partial charge is 0.543 e. The molecule has 0 aromatic heterocycles. The molecule has 0 fully saturated rings. The molecule has 3 nitrogen and oxygen atoms in total. The van der Waals surface area contributed by atoms with E-state index >= 15 is 0 Å². The van der Waals surface area contributed by atoms with Crippen LogP contribution in [-0.4, -0.2) is 25.6 Å². The highest BCUT2D eigenvalue weighted by Gasteiger charge is 2.40. The zero-order valence-corrected chi connectivity index (χ0v) is 20.5. The first-order chi connectivity index (χ1) is 12.8. The molecule has 28 heavy (non-hydrogen) atoms. The van der Waals surface area contributed by atoms with Crippen LogP contribution < -0.4 is 9.16 Å². The third-order valence-corrected chi connectivity index (χ3v) is 11.1. The molecule has 1 aliphatic heterocycles. The van der Waals surface area contributed by atoms with Crippen LogP contribution in [0.15, 0.2) is 17.7 Å². The van der Waals surface area contributed by atoms with Crippen LogP contribution in [0.3, 0.4) is 0 Å². The number of aliphatic hydroxyl groups excluding tert-OH is 1. The van der Waals surface area contributed by atoms with Crippen molar-refractivity contribution in [3.8, 4) is 11.5 Å². The van der Waals surface area contributed by atoms with Crippen molar-refractivity contribution in [3.63, 3.8) is 0 Å². The summed E-state index contributed by atoms with van der Waals surface area (Å²) in [4.78, 5) is 0. The molecule has 0 saturated heterocycles. The van der Waals surface area contributed by atoms with E-state index in [2.05, 4.69) is 66.8 Å². The van der Waals surface area contributed by atoms with E-state index in [1.807, 2.05) is 6.92 Å². The number of benzene rings is 1. The van der Waals surface area contributed by atoms with E-state index in [9.17, 15) is 5.11 Å². The fraction of sp³-hybridized carbons (Fsp3) is 0.667. The molecule has 0 saturated carbocycles. The van der Waals surface area contributed by atoms with E-state index in [1.54, 1.807) is 0 Å². The lowest BCUT2D eigenvalue weighted by Gasteiger charge is -2.39. The molecule has 0 aliphatic carbocycles. The van der Waals surface area contributed by atoms with Gasteiger partial charge in [0, 0.05) is 0 Å². The average molecular weight is 405 g/mol. The molecule has 0 amide bonds. The van der Waals surface area contributed by atoms with E-state index in [1.165, 1.54) is 16.7 Å². The van der Waals surface area contributed by atoms with Gasteiger partial charge >= 0.3 is 0 Å². The summed E-state index contributed by atoms with van der Waals surface area (Å²) >= 11 is 0. The zero-order chi connectivity index (χ0) is 21.3. The van der Waals surface area contributed by atoms with Gasteiger partial charge < -0.3 is 14.3 Å². The standard InChI is InChI=1S/C24H40O3Si/c1-17(16-25)11-10-13-24(7)14-12-20-15-21(18(2)19(3)22(20)26-24)27-28(8,9)23(4,5)6/h11,15,25H,10,12-14,16H2,1-9H3/b17-11+/t24-/m1/s1. The summed E-state index contributed by atoms with van der Waals surface area (Å²) in [6.45, 7) is 20.1. The van der Waals surface area contributed by atoms with Crippen LogP contribution in [0.5, 0.6) is 11.5 Å². The fourth-order valence-electron chi connectivity index (χ4n) is 3.35. The second-order valence-electron chi connectivity index (χ2n) is 10.3. The minimum Gasteiger partial charge on any atom is -0.543 e. The minimum atomic E-state index is -1.87. The van der Waals surface area contributed by atoms with Crippen molar-refractivity contribution >= 4 is 8.32 Å². The van der Waals surface area contributed by atoms with Gasteiger partial charge in [0.1, 0.15) is 17.1 Å². The summed E-state index contributed by atoms with van der Waals surface area (Å²) in [5, 5.41) is 9.36. The molecule has 1 N–H and O–H groups in total. The van der Waals surface area contributed by atoms with Gasteiger partial charge in [0.05, 0.1) is 6.61 Å². The van der Waals surface area contributed by atoms with Crippen molar-refractivity contribution in [2.45, 2.75) is 97.9 Å². The van der Waals surface area contributed by atoms with Gasteiger partial charge in [-0.05, 0) is 94.3 Å². The lowest BCUT2D eigenvalue weighted by Crippen LogP contribution is -2.44. The predicted octanol–water partition coefficient (Wildman–Crippen LogP) is 6.49. The normalized spacial score (nSPS) is 20.6. The maximum atomic E-state index is 9.18. The maximum absolute atomic E-state index is 9.18. The number of allylic oxidation sites excluding steroid dienone is 1. The highest BCUT2D eigenvalue weighted by atomic mass is 28.4. The molecule has 1 aliphatic rings. The predicted molar refractivity (Wildman–Crippen MR) is 121 cm³/mol. The summed E-state index contributed by atoms with van der Waals surface area (Å²) in [5.74, 6) is 2.09. The van der Waals surface area contributed by atoms with Crippen LogP contribution in [0.1, 0.15) is 70.6 Å². The molecule has 0 bridgehead atoms. The highest BCUT2D eigenvalue weighted by molar-refractivity contribution is 6.74. The fourth-order valence-corrected chi connectivity index (χ4v) is 4.42. The van der Waals surface area contributed by atoms with Gasteiger partial charge in [-0.25, -0.2) is 0 Å². The van der Waals surface area contributed by atoms with Crippen LogP contribution in [0.4, 0.5) is 0 Å². The number of aliphatic hydroxyl groups is 1. The van der Waals surface area contributed by atoms with Gasteiger partial charge in [-0.3, -0.25) is 0 Å². The summed E-state index contributed by atoms with van der Waals surface area (Å²) < 4.78 is 13.2. The molecule has 0 radical (unpaired) electrons. The van der Waals surface area contributed by atoms with Crippen LogP contribution in [0, 0.1) is 13.8 Å². The second-order valence-corrected chi connectivity index (χ2v) is 15.0. The van der Waals surface area contributed by atoms with Crippen LogP contribution >= 0.6 is 0 Å². The first-order valence-corrected chi connectivity index (χ1v) is 13.5. The molecule has 0 unspecified atom stereocenters. The number of fused-ring (bicyclic) bond motifs is 1. The van der Waals surface area contributed by atoms with E-state index in [4.69, 9.17) is 9.16 Å². The molecule has 1 aromatic rings. The Bertz CT molecular complexity index is 743. The number of ether oxygens (including phenoxy) is 1. The SMILES string of the molecule is C/C(=C\CC[C@]1(C)CCc2cc(O[Si](C)(C)C(C)(C)C)c(C)c(C)c2O1)CO. The Balaban J connectivity index is 2.26. The maximum Gasteiger partial charge on any atom is 0.250 e. The smallest absolute Gasteiger partial charge is 0.250 e. The summed E-state index contributed by atoms with van der Waals surface area (Å²) in [6, 6.07) is 2.23. The van der Waals surface area contributed by atoms with E-state index < -0.39 is 8.32 Å². The molecule has 0 spiro atoms. The third-order valence-electron chi connectivity index (χ3n) is 6.73. The molecular formula is C24H40O3Si. The monoisotopic (exact) mass is 404 g/mol. The Morgan fingerprint density at radius 3 is 2.50 bits per heavy atom. The number of rotatable bonds is 6. The van der Waals surface area contributed by atoms with Crippen molar-refractivity contribution < 1.29 is 14.3 Å². The highest BCUT2D eigenvalue weighted by Crippen LogP contribution is 2.44. The van der Waals surface area contributed by atoms with Crippen molar-refractivity contribution in [1.82, 2.24) is 0 Å². The third kappa shape index (κ3) is 5.01. The van der Waals surface area contributed by atoms with Crippen molar-refractivity contribution in [2.24, 2.45) is 0 Å². The Labute approximate surface area is 173 Å². The second kappa shape index (κ2) is 8.23. The van der Waals surface area contributed by atoms with Crippen LogP contribution in [-0.2, 0) is 6.42 Å². The molecule has 1 atom stereocenters. The zero-order valence-electron chi connectivity index (χ0n) is 19.5. The van der Waals surface area contributed by atoms with Crippen LogP contribution in [0.25, 0.3) is 0 Å². The molecule has 1 heterocycles. The average Bonchev–Trinajstić information content (AvgIpc) is 2.59.